The van der Waals surface area contributed by atoms with E-state index in [1.165, 1.54) is 37.0 Å². The van der Waals surface area contributed by atoms with Crippen molar-refractivity contribution in [2.45, 2.75) is 69.7 Å². The van der Waals surface area contributed by atoms with Crippen LogP contribution in [-0.4, -0.2) is 41.3 Å². The van der Waals surface area contributed by atoms with E-state index in [9.17, 15) is 5.11 Å². The number of aliphatic hydroxyl groups is 1. The maximum atomic E-state index is 10.2. The van der Waals surface area contributed by atoms with E-state index >= 15 is 0 Å². The van der Waals surface area contributed by atoms with Gasteiger partial charge in [0.25, 0.3) is 0 Å². The molecule has 4 heteroatoms. The summed E-state index contributed by atoms with van der Waals surface area (Å²) in [5.41, 5.74) is 0. The number of thiophene rings is 1. The van der Waals surface area contributed by atoms with Gasteiger partial charge in [0.1, 0.15) is 0 Å². The molecule has 1 aliphatic heterocycles. The fraction of sp³-hybridized carbons (Fsp3) is 0.765. The number of nitrogens with one attached hydrogen (secondary N) is 1. The molecule has 1 saturated heterocycles. The Morgan fingerprint density at radius 1 is 1.24 bits per heavy atom. The van der Waals surface area contributed by atoms with Gasteiger partial charge in [-0.3, -0.25) is 4.90 Å². The van der Waals surface area contributed by atoms with E-state index in [1.54, 1.807) is 0 Å². The third kappa shape index (κ3) is 3.86. The molecule has 3 rings (SSSR count). The normalized spacial score (nSPS) is 30.4. The monoisotopic (exact) mass is 308 g/mol. The molecule has 21 heavy (non-hydrogen) atoms. The van der Waals surface area contributed by atoms with Crippen molar-refractivity contribution in [1.29, 1.82) is 0 Å². The second-order valence-corrected chi connectivity index (χ2v) is 7.61. The third-order valence-electron chi connectivity index (χ3n) is 5.15. The molecule has 0 amide bonds. The zero-order chi connectivity index (χ0) is 14.7. The van der Waals surface area contributed by atoms with Crippen LogP contribution in [-0.2, 0) is 0 Å². The van der Waals surface area contributed by atoms with Crippen molar-refractivity contribution >= 4 is 11.3 Å². The van der Waals surface area contributed by atoms with Crippen LogP contribution in [0.25, 0.3) is 0 Å². The average Bonchev–Trinajstić information content (AvgIpc) is 3.03. The predicted octanol–water partition coefficient (Wildman–Crippen LogP) is 3.17. The summed E-state index contributed by atoms with van der Waals surface area (Å²) in [5, 5.41) is 16.1. The standard InChI is InChI=1S/C17H28N2OS/c1-13(17-7-4-12-21-17)18-14-8-10-19(11-9-14)15-5-2-3-6-16(15)20/h4,7,12-16,18,20H,2-3,5-6,8-11H2,1H3. The molecule has 2 heterocycles. The second kappa shape index (κ2) is 7.23. The van der Waals surface area contributed by atoms with Gasteiger partial charge in [-0.2, -0.15) is 0 Å². The van der Waals surface area contributed by atoms with Gasteiger partial charge in [-0.1, -0.05) is 18.9 Å². The van der Waals surface area contributed by atoms with Crippen molar-refractivity contribution in [2.75, 3.05) is 13.1 Å². The van der Waals surface area contributed by atoms with Gasteiger partial charge >= 0.3 is 0 Å². The highest BCUT2D eigenvalue weighted by Gasteiger charge is 2.31. The van der Waals surface area contributed by atoms with Crippen LogP contribution in [0.15, 0.2) is 17.5 Å². The van der Waals surface area contributed by atoms with Gasteiger partial charge in [-0.15, -0.1) is 11.3 Å². The first-order valence-electron chi connectivity index (χ1n) is 8.45. The molecule has 1 aromatic heterocycles. The lowest BCUT2D eigenvalue weighted by atomic mass is 9.89. The Morgan fingerprint density at radius 3 is 2.67 bits per heavy atom. The Hall–Kier alpha value is -0.420. The number of rotatable bonds is 4. The summed E-state index contributed by atoms with van der Waals surface area (Å²) >= 11 is 1.84. The van der Waals surface area contributed by atoms with Gasteiger partial charge in [-0.25, -0.2) is 0 Å². The van der Waals surface area contributed by atoms with Crippen molar-refractivity contribution in [3.63, 3.8) is 0 Å². The van der Waals surface area contributed by atoms with Gasteiger partial charge < -0.3 is 10.4 Å². The summed E-state index contributed by atoms with van der Waals surface area (Å²) in [6.07, 6.45) is 7.00. The minimum atomic E-state index is -0.0895. The Morgan fingerprint density at radius 2 is 2.00 bits per heavy atom. The minimum Gasteiger partial charge on any atom is -0.391 e. The summed E-state index contributed by atoms with van der Waals surface area (Å²) in [6, 6.07) is 5.86. The average molecular weight is 308 g/mol. The van der Waals surface area contributed by atoms with Crippen molar-refractivity contribution in [1.82, 2.24) is 10.2 Å². The SMILES string of the molecule is CC(NC1CCN(C2CCCCC2O)CC1)c1cccs1. The summed E-state index contributed by atoms with van der Waals surface area (Å²) in [7, 11) is 0. The van der Waals surface area contributed by atoms with Crippen LogP contribution in [0, 0.1) is 0 Å². The van der Waals surface area contributed by atoms with Crippen molar-refractivity contribution < 1.29 is 5.11 Å². The fourth-order valence-electron chi connectivity index (χ4n) is 3.89. The van der Waals surface area contributed by atoms with Gasteiger partial charge in [0.05, 0.1) is 6.10 Å². The quantitative estimate of drug-likeness (QED) is 0.897. The Labute approximate surface area is 132 Å². The molecule has 2 fully saturated rings. The molecule has 2 aliphatic rings. The first kappa shape index (κ1) is 15.5. The number of hydrogen-bond acceptors (Lipinski definition) is 4. The number of aliphatic hydroxyl groups excluding tert-OH is 1. The summed E-state index contributed by atoms with van der Waals surface area (Å²) in [5.74, 6) is 0. The Bertz CT molecular complexity index is 414. The van der Waals surface area contributed by atoms with Gasteiger partial charge in [0.2, 0.25) is 0 Å². The molecule has 2 N–H and O–H groups in total. The van der Waals surface area contributed by atoms with E-state index in [0.717, 1.165) is 19.5 Å². The lowest BCUT2D eigenvalue weighted by Crippen LogP contribution is -2.51. The molecule has 0 bridgehead atoms. The number of hydrogen-bond donors (Lipinski definition) is 2. The minimum absolute atomic E-state index is 0.0895. The largest absolute Gasteiger partial charge is 0.391 e. The van der Waals surface area contributed by atoms with Gasteiger partial charge in [0, 0.05) is 36.1 Å². The first-order chi connectivity index (χ1) is 10.2. The topological polar surface area (TPSA) is 35.5 Å². The van der Waals surface area contributed by atoms with E-state index in [2.05, 4.69) is 34.7 Å². The molecular formula is C17H28N2OS. The zero-order valence-corrected chi connectivity index (χ0v) is 13.8. The van der Waals surface area contributed by atoms with E-state index in [4.69, 9.17) is 0 Å². The molecule has 3 atom stereocenters. The number of piperidine rings is 1. The lowest BCUT2D eigenvalue weighted by Gasteiger charge is -2.42. The van der Waals surface area contributed by atoms with Crippen molar-refractivity contribution in [2.24, 2.45) is 0 Å². The summed E-state index contributed by atoms with van der Waals surface area (Å²) in [6.45, 7) is 4.54. The summed E-state index contributed by atoms with van der Waals surface area (Å²) < 4.78 is 0. The van der Waals surface area contributed by atoms with Crippen LogP contribution in [0.5, 0.6) is 0 Å². The molecule has 1 aromatic rings. The van der Waals surface area contributed by atoms with E-state index in [0.29, 0.717) is 18.1 Å². The molecule has 3 nitrogen and oxygen atoms in total. The molecule has 0 spiro atoms. The van der Waals surface area contributed by atoms with Crippen LogP contribution in [0.1, 0.15) is 56.4 Å². The van der Waals surface area contributed by atoms with Crippen LogP contribution < -0.4 is 5.32 Å². The first-order valence-corrected chi connectivity index (χ1v) is 9.33. The highest BCUT2D eigenvalue weighted by molar-refractivity contribution is 7.10. The van der Waals surface area contributed by atoms with Crippen molar-refractivity contribution in [3.05, 3.63) is 22.4 Å². The zero-order valence-electron chi connectivity index (χ0n) is 13.0. The predicted molar refractivity (Wildman–Crippen MR) is 88.7 cm³/mol. The Balaban J connectivity index is 1.46. The van der Waals surface area contributed by atoms with Crippen LogP contribution in [0.2, 0.25) is 0 Å². The van der Waals surface area contributed by atoms with Crippen molar-refractivity contribution in [3.8, 4) is 0 Å². The van der Waals surface area contributed by atoms with Gasteiger partial charge in [0.15, 0.2) is 0 Å². The molecule has 1 saturated carbocycles. The van der Waals surface area contributed by atoms with E-state index in [-0.39, 0.29) is 6.10 Å². The van der Waals surface area contributed by atoms with E-state index in [1.807, 2.05) is 11.3 Å². The van der Waals surface area contributed by atoms with Crippen LogP contribution >= 0.6 is 11.3 Å². The van der Waals surface area contributed by atoms with Crippen LogP contribution in [0.4, 0.5) is 0 Å². The molecule has 118 valence electrons. The molecule has 3 unspecified atom stereocenters. The second-order valence-electron chi connectivity index (χ2n) is 6.63. The third-order valence-corrected chi connectivity index (χ3v) is 6.20. The lowest BCUT2D eigenvalue weighted by molar-refractivity contribution is 0.00673. The Kier molecular flexibility index (Phi) is 5.33. The van der Waals surface area contributed by atoms with Crippen LogP contribution in [0.3, 0.4) is 0 Å². The smallest absolute Gasteiger partial charge is 0.0695 e. The van der Waals surface area contributed by atoms with Gasteiger partial charge in [-0.05, 0) is 44.1 Å². The maximum absolute atomic E-state index is 10.2. The molecule has 0 aromatic carbocycles. The molecular weight excluding hydrogens is 280 g/mol. The summed E-state index contributed by atoms with van der Waals surface area (Å²) in [4.78, 5) is 3.97. The van der Waals surface area contributed by atoms with E-state index < -0.39 is 0 Å². The number of likely N-dealkylation sites (tertiary alicyclic amines) is 1. The fourth-order valence-corrected chi connectivity index (χ4v) is 4.63. The maximum Gasteiger partial charge on any atom is 0.0695 e. The highest BCUT2D eigenvalue weighted by atomic mass is 32.1. The highest BCUT2D eigenvalue weighted by Crippen LogP contribution is 2.27. The molecule has 0 radical (unpaired) electrons. The molecule has 1 aliphatic carbocycles. The number of nitrogens with zero attached hydrogens (tertiary/aromatic N) is 1.